The van der Waals surface area contributed by atoms with Crippen molar-refractivity contribution in [1.82, 2.24) is 4.34 Å². The topological polar surface area (TPSA) is 29.1 Å². The van der Waals surface area contributed by atoms with Gasteiger partial charge in [0, 0.05) is 16.1 Å². The van der Waals surface area contributed by atoms with Crippen molar-refractivity contribution in [3.05, 3.63) is 39.3 Å². The van der Waals surface area contributed by atoms with Gasteiger partial charge in [-0.3, -0.25) is 9.14 Å². The van der Waals surface area contributed by atoms with Crippen molar-refractivity contribution in [2.24, 2.45) is 0 Å². The first kappa shape index (κ1) is 11.9. The minimum Gasteiger partial charge on any atom is -0.288 e. The lowest BCUT2D eigenvalue weighted by atomic mass is 10.1. The van der Waals surface area contributed by atoms with Crippen molar-refractivity contribution in [2.75, 3.05) is 0 Å². The molecule has 0 atom stereocenters. The van der Waals surface area contributed by atoms with E-state index in [1.165, 1.54) is 0 Å². The molecule has 0 saturated heterocycles. The highest BCUT2D eigenvalue weighted by atomic mass is 79.9. The van der Waals surface area contributed by atoms with E-state index in [-0.39, 0.29) is 5.91 Å². The van der Waals surface area contributed by atoms with E-state index in [1.54, 1.807) is 0 Å². The first-order chi connectivity index (χ1) is 6.66. The monoisotopic (exact) mass is 381 g/mol. The number of hydrogen-bond donors (Lipinski definition) is 1. The first-order valence-corrected chi connectivity index (χ1v) is 6.06. The van der Waals surface area contributed by atoms with E-state index in [2.05, 4.69) is 52.3 Å². The Morgan fingerprint density at radius 1 is 1.14 bits per heavy atom. The SMILES string of the molecule is O=C(NBr)C(=C(Br)Br)c1ccccc1. The van der Waals surface area contributed by atoms with Crippen LogP contribution in [0.25, 0.3) is 5.57 Å². The molecule has 2 nitrogen and oxygen atoms in total. The Hall–Kier alpha value is -0.130. The molecule has 1 N–H and O–H groups in total. The fourth-order valence-electron chi connectivity index (χ4n) is 0.978. The van der Waals surface area contributed by atoms with E-state index in [1.807, 2.05) is 30.3 Å². The van der Waals surface area contributed by atoms with E-state index in [0.717, 1.165) is 5.56 Å². The van der Waals surface area contributed by atoms with Crippen molar-refractivity contribution >= 4 is 59.5 Å². The Bertz CT molecular complexity index is 358. The maximum absolute atomic E-state index is 11.5. The fourth-order valence-corrected chi connectivity index (χ4v) is 1.99. The van der Waals surface area contributed by atoms with Crippen molar-refractivity contribution < 1.29 is 4.79 Å². The quantitative estimate of drug-likeness (QED) is 0.614. The van der Waals surface area contributed by atoms with Crippen molar-refractivity contribution in [3.63, 3.8) is 0 Å². The van der Waals surface area contributed by atoms with Gasteiger partial charge < -0.3 is 0 Å². The number of nitrogens with one attached hydrogen (secondary N) is 1. The Kier molecular flexibility index (Phi) is 4.84. The number of amides is 1. The molecule has 0 unspecified atom stereocenters. The molecule has 0 heterocycles. The average molecular weight is 384 g/mol. The molecule has 74 valence electrons. The highest BCUT2D eigenvalue weighted by Crippen LogP contribution is 2.27. The number of benzene rings is 1. The maximum Gasteiger partial charge on any atom is 0.263 e. The van der Waals surface area contributed by atoms with Gasteiger partial charge in [-0.05, 0) is 37.4 Å². The second kappa shape index (κ2) is 5.68. The van der Waals surface area contributed by atoms with Gasteiger partial charge in [0.15, 0.2) is 0 Å². The van der Waals surface area contributed by atoms with Gasteiger partial charge >= 0.3 is 0 Å². The van der Waals surface area contributed by atoms with E-state index < -0.39 is 0 Å². The number of carbonyl (C=O) groups is 1. The molecule has 0 aliphatic carbocycles. The Balaban J connectivity index is 3.16. The van der Waals surface area contributed by atoms with Gasteiger partial charge in [0.25, 0.3) is 5.91 Å². The molecular weight excluding hydrogens is 378 g/mol. The molecule has 0 spiro atoms. The second-order valence-corrected chi connectivity index (χ2v) is 5.47. The van der Waals surface area contributed by atoms with E-state index in [4.69, 9.17) is 0 Å². The predicted molar refractivity (Wildman–Crippen MR) is 68.3 cm³/mol. The zero-order valence-corrected chi connectivity index (χ0v) is 11.7. The molecule has 0 saturated carbocycles. The third kappa shape index (κ3) is 2.93. The summed E-state index contributed by atoms with van der Waals surface area (Å²) in [6, 6.07) is 9.37. The summed E-state index contributed by atoms with van der Waals surface area (Å²) >= 11 is 9.37. The van der Waals surface area contributed by atoms with Crippen LogP contribution in [0.4, 0.5) is 0 Å². The maximum atomic E-state index is 11.5. The average Bonchev–Trinajstić information content (AvgIpc) is 2.19. The normalized spacial score (nSPS) is 9.36. The van der Waals surface area contributed by atoms with Crippen molar-refractivity contribution in [3.8, 4) is 0 Å². The van der Waals surface area contributed by atoms with Gasteiger partial charge in [0.1, 0.15) is 0 Å². The van der Waals surface area contributed by atoms with Gasteiger partial charge in [-0.15, -0.1) is 0 Å². The molecular formula is C9H6Br3NO. The highest BCUT2D eigenvalue weighted by molar-refractivity contribution is 9.28. The molecule has 0 bridgehead atoms. The van der Waals surface area contributed by atoms with Gasteiger partial charge in [-0.25, -0.2) is 0 Å². The molecule has 14 heavy (non-hydrogen) atoms. The van der Waals surface area contributed by atoms with E-state index in [9.17, 15) is 4.79 Å². The molecule has 1 amide bonds. The summed E-state index contributed by atoms with van der Waals surface area (Å²) in [6.07, 6.45) is 0. The Labute approximate surface area is 107 Å². The third-order valence-corrected chi connectivity index (χ3v) is 2.72. The van der Waals surface area contributed by atoms with Crippen molar-refractivity contribution in [1.29, 1.82) is 0 Å². The number of hydrogen-bond acceptors (Lipinski definition) is 1. The van der Waals surface area contributed by atoms with Gasteiger partial charge in [-0.2, -0.15) is 0 Å². The van der Waals surface area contributed by atoms with Crippen LogP contribution in [0.1, 0.15) is 5.56 Å². The minimum absolute atomic E-state index is 0.208. The molecule has 1 rings (SSSR count). The molecule has 5 heteroatoms. The lowest BCUT2D eigenvalue weighted by molar-refractivity contribution is -0.113. The summed E-state index contributed by atoms with van der Waals surface area (Å²) < 4.78 is 3.02. The number of carbonyl (C=O) groups excluding carboxylic acids is 1. The second-order valence-electron chi connectivity index (χ2n) is 2.43. The molecule has 1 aromatic carbocycles. The van der Waals surface area contributed by atoms with Crippen LogP contribution < -0.4 is 4.34 Å². The summed E-state index contributed by atoms with van der Waals surface area (Å²) in [5.41, 5.74) is 1.38. The van der Waals surface area contributed by atoms with Gasteiger partial charge in [0.2, 0.25) is 0 Å². The minimum atomic E-state index is -0.208. The van der Waals surface area contributed by atoms with E-state index in [0.29, 0.717) is 8.96 Å². The largest absolute Gasteiger partial charge is 0.288 e. The standard InChI is InChI=1S/C9H6Br3NO/c10-8(11)7(9(14)13-12)6-4-2-1-3-5-6/h1-5H,(H,13,14). The molecule has 0 aliphatic heterocycles. The summed E-state index contributed by atoms with van der Waals surface area (Å²) in [7, 11) is 0. The smallest absolute Gasteiger partial charge is 0.263 e. The molecule has 1 aromatic rings. The summed E-state index contributed by atoms with van der Waals surface area (Å²) in [6.45, 7) is 0. The van der Waals surface area contributed by atoms with Crippen molar-refractivity contribution in [2.45, 2.75) is 0 Å². The highest BCUT2D eigenvalue weighted by Gasteiger charge is 2.13. The zero-order chi connectivity index (χ0) is 10.6. The molecule has 0 fully saturated rings. The molecule has 0 aliphatic rings. The Morgan fingerprint density at radius 3 is 2.14 bits per heavy atom. The van der Waals surface area contributed by atoms with Crippen LogP contribution in [0.5, 0.6) is 0 Å². The lowest BCUT2D eigenvalue weighted by Gasteiger charge is -2.05. The summed E-state index contributed by atoms with van der Waals surface area (Å²) in [4.78, 5) is 11.5. The van der Waals surface area contributed by atoms with Crippen LogP contribution in [0.3, 0.4) is 0 Å². The number of halogens is 3. The van der Waals surface area contributed by atoms with Crippen LogP contribution in [0.15, 0.2) is 33.7 Å². The lowest BCUT2D eigenvalue weighted by Crippen LogP contribution is -2.13. The van der Waals surface area contributed by atoms with Crippen LogP contribution in [-0.2, 0) is 4.79 Å². The Morgan fingerprint density at radius 2 is 1.71 bits per heavy atom. The predicted octanol–water partition coefficient (Wildman–Crippen LogP) is 3.57. The summed E-state index contributed by atoms with van der Waals surface area (Å²) in [5.74, 6) is -0.208. The zero-order valence-electron chi connectivity index (χ0n) is 6.93. The summed E-state index contributed by atoms with van der Waals surface area (Å²) in [5, 5.41) is 0. The van der Waals surface area contributed by atoms with Crippen LogP contribution in [0, 0.1) is 0 Å². The fraction of sp³-hybridized carbons (Fsp3) is 0. The van der Waals surface area contributed by atoms with Gasteiger partial charge in [-0.1, -0.05) is 30.3 Å². The van der Waals surface area contributed by atoms with Crippen LogP contribution in [-0.4, -0.2) is 5.91 Å². The molecule has 0 radical (unpaired) electrons. The molecule has 0 aromatic heterocycles. The van der Waals surface area contributed by atoms with E-state index >= 15 is 0 Å². The third-order valence-electron chi connectivity index (χ3n) is 1.56. The first-order valence-electron chi connectivity index (χ1n) is 3.68. The van der Waals surface area contributed by atoms with Crippen LogP contribution >= 0.6 is 48.0 Å². The number of rotatable bonds is 2. The van der Waals surface area contributed by atoms with Gasteiger partial charge in [0.05, 0.1) is 8.96 Å². The van der Waals surface area contributed by atoms with Crippen LogP contribution in [0.2, 0.25) is 0 Å².